The molecule has 0 aromatic heterocycles. The summed E-state index contributed by atoms with van der Waals surface area (Å²) in [5.74, 6) is -0.837. The van der Waals surface area contributed by atoms with Crippen molar-refractivity contribution >= 4 is 44.6 Å². The van der Waals surface area contributed by atoms with Crippen LogP contribution in [0.2, 0.25) is 10.0 Å². The van der Waals surface area contributed by atoms with E-state index < -0.39 is 31.3 Å². The zero-order valence-corrected chi connectivity index (χ0v) is 12.9. The SMILES string of the molecule is O=[N+]([O-])c1cc(S(=O)(=O)Nc2cc(Cl)ccc2F)ccc1Cl. The van der Waals surface area contributed by atoms with Gasteiger partial charge < -0.3 is 0 Å². The van der Waals surface area contributed by atoms with Crippen LogP contribution in [0.25, 0.3) is 0 Å². The van der Waals surface area contributed by atoms with Crippen molar-refractivity contribution in [1.82, 2.24) is 0 Å². The third kappa shape index (κ3) is 3.46. The van der Waals surface area contributed by atoms with Crippen LogP contribution in [-0.4, -0.2) is 13.3 Å². The Morgan fingerprint density at radius 2 is 1.82 bits per heavy atom. The number of benzene rings is 2. The van der Waals surface area contributed by atoms with Gasteiger partial charge in [0, 0.05) is 11.1 Å². The van der Waals surface area contributed by atoms with Crippen LogP contribution in [0.4, 0.5) is 15.8 Å². The lowest BCUT2D eigenvalue weighted by molar-refractivity contribution is -0.384. The van der Waals surface area contributed by atoms with Gasteiger partial charge in [-0.2, -0.15) is 0 Å². The van der Waals surface area contributed by atoms with E-state index in [-0.39, 0.29) is 15.7 Å². The van der Waals surface area contributed by atoms with Gasteiger partial charge in [0.25, 0.3) is 15.7 Å². The largest absolute Gasteiger partial charge is 0.289 e. The zero-order chi connectivity index (χ0) is 16.5. The topological polar surface area (TPSA) is 89.3 Å². The fourth-order valence-corrected chi connectivity index (χ4v) is 3.02. The highest BCUT2D eigenvalue weighted by Gasteiger charge is 2.21. The highest BCUT2D eigenvalue weighted by Crippen LogP contribution is 2.29. The first-order valence-electron chi connectivity index (χ1n) is 5.62. The summed E-state index contributed by atoms with van der Waals surface area (Å²) in [4.78, 5) is 9.54. The van der Waals surface area contributed by atoms with Gasteiger partial charge >= 0.3 is 0 Å². The predicted octanol–water partition coefficient (Wildman–Crippen LogP) is 3.84. The van der Waals surface area contributed by atoms with Crippen LogP contribution in [0.1, 0.15) is 0 Å². The Kier molecular flexibility index (Phi) is 4.55. The van der Waals surface area contributed by atoms with E-state index in [1.165, 1.54) is 6.07 Å². The van der Waals surface area contributed by atoms with E-state index in [1.807, 2.05) is 4.72 Å². The van der Waals surface area contributed by atoms with Gasteiger partial charge in [-0.1, -0.05) is 23.2 Å². The van der Waals surface area contributed by atoms with Crippen LogP contribution < -0.4 is 4.72 Å². The van der Waals surface area contributed by atoms with Gasteiger partial charge in [0.2, 0.25) is 0 Å². The van der Waals surface area contributed by atoms with E-state index in [1.54, 1.807) is 0 Å². The van der Waals surface area contributed by atoms with E-state index in [4.69, 9.17) is 23.2 Å². The Hall–Kier alpha value is -1.90. The van der Waals surface area contributed by atoms with Crippen LogP contribution >= 0.6 is 23.2 Å². The number of hydrogen-bond acceptors (Lipinski definition) is 4. The average Bonchev–Trinajstić information content (AvgIpc) is 2.42. The molecule has 10 heteroatoms. The number of anilines is 1. The monoisotopic (exact) mass is 364 g/mol. The molecular weight excluding hydrogens is 358 g/mol. The summed E-state index contributed by atoms with van der Waals surface area (Å²) in [7, 11) is -4.24. The molecule has 0 spiro atoms. The fraction of sp³-hybridized carbons (Fsp3) is 0. The molecule has 0 amide bonds. The Bertz CT molecular complexity index is 858. The molecule has 0 saturated carbocycles. The Balaban J connectivity index is 2.45. The van der Waals surface area contributed by atoms with Gasteiger partial charge in [-0.05, 0) is 30.3 Å². The van der Waals surface area contributed by atoms with Crippen molar-refractivity contribution in [1.29, 1.82) is 0 Å². The van der Waals surface area contributed by atoms with Crippen LogP contribution in [0.5, 0.6) is 0 Å². The molecule has 116 valence electrons. The minimum Gasteiger partial charge on any atom is -0.277 e. The van der Waals surface area contributed by atoms with Crippen LogP contribution in [-0.2, 0) is 10.0 Å². The summed E-state index contributed by atoms with van der Waals surface area (Å²) in [6, 6.07) is 6.25. The summed E-state index contributed by atoms with van der Waals surface area (Å²) in [6.45, 7) is 0. The number of nitrogens with one attached hydrogen (secondary N) is 1. The maximum atomic E-state index is 13.6. The summed E-state index contributed by atoms with van der Waals surface area (Å²) in [6.07, 6.45) is 0. The number of nitrogens with zero attached hydrogens (tertiary/aromatic N) is 1. The molecule has 0 bridgehead atoms. The first-order valence-corrected chi connectivity index (χ1v) is 7.86. The minimum absolute atomic E-state index is 0.126. The molecule has 0 aliphatic carbocycles. The molecule has 0 saturated heterocycles. The Morgan fingerprint density at radius 3 is 2.45 bits per heavy atom. The molecular formula is C12H7Cl2FN2O4S. The Morgan fingerprint density at radius 1 is 1.14 bits per heavy atom. The molecule has 0 radical (unpaired) electrons. The van der Waals surface area contributed by atoms with Crippen LogP contribution in [0.15, 0.2) is 41.3 Å². The summed E-state index contributed by atoms with van der Waals surface area (Å²) in [5.41, 5.74) is -0.943. The minimum atomic E-state index is -4.24. The zero-order valence-electron chi connectivity index (χ0n) is 10.6. The molecule has 0 aliphatic rings. The quantitative estimate of drug-likeness (QED) is 0.659. The normalized spacial score (nSPS) is 11.2. The second-order valence-electron chi connectivity index (χ2n) is 4.10. The highest BCUT2D eigenvalue weighted by atomic mass is 35.5. The molecule has 1 N–H and O–H groups in total. The standard InChI is InChI=1S/C12H7Cl2FN2O4S/c13-7-1-4-10(15)11(5-7)16-22(20,21)8-2-3-9(14)12(6-8)17(18)19/h1-6,16H. The summed E-state index contributed by atoms with van der Waals surface area (Å²) in [5, 5.41) is 10.7. The van der Waals surface area contributed by atoms with E-state index in [9.17, 15) is 22.9 Å². The van der Waals surface area contributed by atoms with Crippen molar-refractivity contribution in [2.45, 2.75) is 4.90 Å². The number of halogens is 3. The molecule has 0 aliphatic heterocycles. The molecule has 0 unspecified atom stereocenters. The number of nitro groups is 1. The predicted molar refractivity (Wildman–Crippen MR) is 80.3 cm³/mol. The molecule has 0 heterocycles. The second kappa shape index (κ2) is 6.07. The third-order valence-corrected chi connectivity index (χ3v) is 4.52. The van der Waals surface area contributed by atoms with E-state index in [2.05, 4.69) is 0 Å². The van der Waals surface area contributed by atoms with E-state index in [0.29, 0.717) is 0 Å². The van der Waals surface area contributed by atoms with Gasteiger partial charge in [-0.15, -0.1) is 0 Å². The molecule has 0 fully saturated rings. The number of sulfonamides is 1. The van der Waals surface area contributed by atoms with E-state index in [0.717, 1.165) is 30.3 Å². The second-order valence-corrected chi connectivity index (χ2v) is 6.63. The Labute approximate surface area is 134 Å². The number of nitro benzene ring substituents is 1. The lowest BCUT2D eigenvalue weighted by Crippen LogP contribution is -2.14. The van der Waals surface area contributed by atoms with Gasteiger partial charge in [0.05, 0.1) is 15.5 Å². The molecule has 2 rings (SSSR count). The van der Waals surface area contributed by atoms with Crippen molar-refractivity contribution in [3.05, 3.63) is 62.4 Å². The average molecular weight is 365 g/mol. The van der Waals surface area contributed by atoms with Gasteiger partial charge in [-0.3, -0.25) is 14.8 Å². The lowest BCUT2D eigenvalue weighted by atomic mass is 10.3. The van der Waals surface area contributed by atoms with Gasteiger partial charge in [0.15, 0.2) is 0 Å². The smallest absolute Gasteiger partial charge is 0.277 e. The van der Waals surface area contributed by atoms with Crippen molar-refractivity contribution in [3.8, 4) is 0 Å². The third-order valence-electron chi connectivity index (χ3n) is 2.60. The maximum Gasteiger partial charge on any atom is 0.289 e. The van der Waals surface area contributed by atoms with Crippen molar-refractivity contribution in [2.24, 2.45) is 0 Å². The van der Waals surface area contributed by atoms with Gasteiger partial charge in [-0.25, -0.2) is 12.8 Å². The molecule has 2 aromatic carbocycles. The van der Waals surface area contributed by atoms with Crippen molar-refractivity contribution in [2.75, 3.05) is 4.72 Å². The summed E-state index contributed by atoms with van der Waals surface area (Å²) < 4.78 is 39.9. The maximum absolute atomic E-state index is 13.6. The first kappa shape index (κ1) is 16.5. The summed E-state index contributed by atoms with van der Waals surface area (Å²) >= 11 is 11.3. The number of hydrogen-bond donors (Lipinski definition) is 1. The van der Waals surface area contributed by atoms with Crippen molar-refractivity contribution in [3.63, 3.8) is 0 Å². The van der Waals surface area contributed by atoms with Crippen LogP contribution in [0.3, 0.4) is 0 Å². The van der Waals surface area contributed by atoms with Crippen LogP contribution in [0, 0.1) is 15.9 Å². The van der Waals surface area contributed by atoms with Crippen molar-refractivity contribution < 1.29 is 17.7 Å². The molecule has 2 aromatic rings. The van der Waals surface area contributed by atoms with Gasteiger partial charge in [0.1, 0.15) is 10.8 Å². The first-order chi connectivity index (χ1) is 10.2. The lowest BCUT2D eigenvalue weighted by Gasteiger charge is -2.09. The molecule has 6 nitrogen and oxygen atoms in total. The fourth-order valence-electron chi connectivity index (χ4n) is 1.58. The molecule has 22 heavy (non-hydrogen) atoms. The number of rotatable bonds is 4. The van der Waals surface area contributed by atoms with E-state index >= 15 is 0 Å². The molecule has 0 atom stereocenters. The highest BCUT2D eigenvalue weighted by molar-refractivity contribution is 7.92.